The molecule has 3 rings (SSSR count). The number of nitrogens with one attached hydrogen (secondary N) is 1. The van der Waals surface area contributed by atoms with Crippen molar-refractivity contribution in [2.75, 3.05) is 11.9 Å². The van der Waals surface area contributed by atoms with E-state index in [1.54, 1.807) is 0 Å². The van der Waals surface area contributed by atoms with Gasteiger partial charge in [0.25, 0.3) is 0 Å². The Balaban J connectivity index is 1.66. The summed E-state index contributed by atoms with van der Waals surface area (Å²) in [5, 5.41) is 2.85. The molecule has 1 N–H and O–H groups in total. The minimum Gasteiger partial charge on any atom is -0.489 e. The minimum atomic E-state index is -0.514. The van der Waals surface area contributed by atoms with Gasteiger partial charge in [-0.3, -0.25) is 14.7 Å². The zero-order valence-electron chi connectivity index (χ0n) is 16.1. The van der Waals surface area contributed by atoms with Crippen molar-refractivity contribution in [3.05, 3.63) is 34.3 Å². The SMILES string of the molecule is CC(=O)Nc1nc(F)c(CN2C[C@H](Oc3cc(C)nc(C)c3)CC[C@@H]2C)s1. The highest BCUT2D eigenvalue weighted by atomic mass is 32.1. The lowest BCUT2D eigenvalue weighted by Crippen LogP contribution is -2.45. The van der Waals surface area contributed by atoms with Gasteiger partial charge in [0, 0.05) is 49.6 Å². The lowest BCUT2D eigenvalue weighted by molar-refractivity contribution is -0.114. The predicted molar refractivity (Wildman–Crippen MR) is 104 cm³/mol. The van der Waals surface area contributed by atoms with Crippen LogP contribution < -0.4 is 10.1 Å². The molecule has 2 aromatic heterocycles. The average Bonchev–Trinajstić information content (AvgIpc) is 2.88. The number of thiazole rings is 1. The quantitative estimate of drug-likeness (QED) is 0.841. The summed E-state index contributed by atoms with van der Waals surface area (Å²) in [5.41, 5.74) is 1.87. The van der Waals surface area contributed by atoms with Crippen LogP contribution >= 0.6 is 11.3 Å². The average molecular weight is 393 g/mol. The molecule has 0 bridgehead atoms. The first-order valence-electron chi connectivity index (χ1n) is 9.09. The maximum atomic E-state index is 14.2. The van der Waals surface area contributed by atoms with Crippen LogP contribution in [0, 0.1) is 19.8 Å². The number of piperidine rings is 1. The molecule has 1 aliphatic heterocycles. The Hall–Kier alpha value is -2.06. The van der Waals surface area contributed by atoms with Crippen molar-refractivity contribution in [3.8, 4) is 5.75 Å². The van der Waals surface area contributed by atoms with Crippen LogP contribution in [0.4, 0.5) is 9.52 Å². The number of hydrogen-bond acceptors (Lipinski definition) is 6. The second-order valence-electron chi connectivity index (χ2n) is 7.10. The molecule has 0 radical (unpaired) electrons. The van der Waals surface area contributed by atoms with Gasteiger partial charge in [-0.25, -0.2) is 0 Å². The first-order valence-corrected chi connectivity index (χ1v) is 9.90. The number of likely N-dealkylation sites (tertiary alicyclic amines) is 1. The third kappa shape index (κ3) is 5.23. The Labute approximate surface area is 162 Å². The molecule has 1 saturated heterocycles. The number of hydrogen-bond donors (Lipinski definition) is 1. The van der Waals surface area contributed by atoms with Gasteiger partial charge in [0.15, 0.2) is 5.13 Å². The summed E-state index contributed by atoms with van der Waals surface area (Å²) in [6.07, 6.45) is 1.99. The van der Waals surface area contributed by atoms with Crippen molar-refractivity contribution in [2.45, 2.75) is 59.2 Å². The van der Waals surface area contributed by atoms with Gasteiger partial charge in [0.2, 0.25) is 11.9 Å². The number of nitrogens with zero attached hydrogens (tertiary/aromatic N) is 3. The van der Waals surface area contributed by atoms with E-state index in [2.05, 4.69) is 27.1 Å². The second-order valence-corrected chi connectivity index (χ2v) is 8.18. The van der Waals surface area contributed by atoms with E-state index in [1.807, 2.05) is 26.0 Å². The molecule has 0 spiro atoms. The van der Waals surface area contributed by atoms with Crippen LogP contribution in [-0.2, 0) is 11.3 Å². The molecular formula is C19H25FN4O2S. The molecular weight excluding hydrogens is 367 g/mol. The van der Waals surface area contributed by atoms with Gasteiger partial charge in [-0.1, -0.05) is 11.3 Å². The van der Waals surface area contributed by atoms with E-state index >= 15 is 0 Å². The fourth-order valence-electron chi connectivity index (χ4n) is 3.33. The van der Waals surface area contributed by atoms with E-state index < -0.39 is 5.95 Å². The molecule has 0 unspecified atom stereocenters. The Kier molecular flexibility index (Phi) is 6.06. The molecule has 1 fully saturated rings. The maximum absolute atomic E-state index is 14.2. The fourth-order valence-corrected chi connectivity index (χ4v) is 4.25. The Morgan fingerprint density at radius 3 is 2.70 bits per heavy atom. The smallest absolute Gasteiger partial charge is 0.230 e. The van der Waals surface area contributed by atoms with Crippen molar-refractivity contribution in [2.24, 2.45) is 0 Å². The summed E-state index contributed by atoms with van der Waals surface area (Å²) in [5.74, 6) is 0.0637. The van der Waals surface area contributed by atoms with Crippen LogP contribution in [0.1, 0.15) is 43.0 Å². The van der Waals surface area contributed by atoms with Crippen molar-refractivity contribution in [3.63, 3.8) is 0 Å². The van der Waals surface area contributed by atoms with Crippen molar-refractivity contribution >= 4 is 22.4 Å². The number of halogens is 1. The van der Waals surface area contributed by atoms with Crippen LogP contribution in [0.15, 0.2) is 12.1 Å². The first-order chi connectivity index (χ1) is 12.8. The number of aryl methyl sites for hydroxylation is 2. The molecule has 8 heteroatoms. The number of aromatic nitrogens is 2. The van der Waals surface area contributed by atoms with E-state index in [4.69, 9.17) is 4.74 Å². The largest absolute Gasteiger partial charge is 0.489 e. The second kappa shape index (κ2) is 8.31. The van der Waals surface area contributed by atoms with E-state index in [0.29, 0.717) is 29.1 Å². The molecule has 3 heterocycles. The van der Waals surface area contributed by atoms with E-state index in [-0.39, 0.29) is 12.0 Å². The first kappa shape index (κ1) is 19.7. The standard InChI is InChI=1S/C19H25FN4O2S/c1-11-7-16(8-12(2)21-11)26-15-6-5-13(3)24(9-15)10-17-18(20)23-19(27-17)22-14(4)25/h7-8,13,15H,5-6,9-10H2,1-4H3,(H,22,23,25)/t13-,15+/m0/s1. The molecule has 1 aliphatic rings. The third-order valence-corrected chi connectivity index (χ3v) is 5.54. The van der Waals surface area contributed by atoms with Crippen LogP contribution in [0.25, 0.3) is 0 Å². The number of anilines is 1. The molecule has 146 valence electrons. The summed E-state index contributed by atoms with van der Waals surface area (Å²) in [6, 6.07) is 4.21. The highest BCUT2D eigenvalue weighted by Crippen LogP contribution is 2.28. The predicted octanol–water partition coefficient (Wildman–Crippen LogP) is 3.68. The summed E-state index contributed by atoms with van der Waals surface area (Å²) >= 11 is 1.18. The molecule has 2 atom stereocenters. The van der Waals surface area contributed by atoms with Crippen molar-refractivity contribution < 1.29 is 13.9 Å². The molecule has 1 amide bonds. The molecule has 0 aromatic carbocycles. The number of carbonyl (C=O) groups is 1. The lowest BCUT2D eigenvalue weighted by atomic mass is 10.0. The van der Waals surface area contributed by atoms with Gasteiger partial charge in [-0.2, -0.15) is 9.37 Å². The topological polar surface area (TPSA) is 67.4 Å². The zero-order chi connectivity index (χ0) is 19.6. The van der Waals surface area contributed by atoms with Crippen LogP contribution in [0.3, 0.4) is 0 Å². The number of amides is 1. The molecule has 0 aliphatic carbocycles. The molecule has 2 aromatic rings. The summed E-state index contributed by atoms with van der Waals surface area (Å²) in [7, 11) is 0. The van der Waals surface area contributed by atoms with Crippen LogP contribution in [-0.4, -0.2) is 39.5 Å². The van der Waals surface area contributed by atoms with Gasteiger partial charge in [-0.05, 0) is 33.6 Å². The lowest BCUT2D eigenvalue weighted by Gasteiger charge is -2.37. The number of rotatable bonds is 5. The normalized spacial score (nSPS) is 20.5. The van der Waals surface area contributed by atoms with Gasteiger partial charge < -0.3 is 10.1 Å². The van der Waals surface area contributed by atoms with E-state index in [0.717, 1.165) is 30.0 Å². The Morgan fingerprint density at radius 1 is 1.33 bits per heavy atom. The van der Waals surface area contributed by atoms with Gasteiger partial charge in [0.05, 0.1) is 4.88 Å². The highest BCUT2D eigenvalue weighted by Gasteiger charge is 2.28. The van der Waals surface area contributed by atoms with Crippen molar-refractivity contribution in [1.29, 1.82) is 0 Å². The highest BCUT2D eigenvalue weighted by molar-refractivity contribution is 7.15. The van der Waals surface area contributed by atoms with Gasteiger partial charge in [-0.15, -0.1) is 0 Å². The zero-order valence-corrected chi connectivity index (χ0v) is 16.9. The van der Waals surface area contributed by atoms with E-state index in [9.17, 15) is 9.18 Å². The summed E-state index contributed by atoms with van der Waals surface area (Å²) < 4.78 is 20.3. The summed E-state index contributed by atoms with van der Waals surface area (Å²) in [6.45, 7) is 8.61. The number of pyridine rings is 1. The van der Waals surface area contributed by atoms with Gasteiger partial charge in [0.1, 0.15) is 11.9 Å². The summed E-state index contributed by atoms with van der Waals surface area (Å²) in [4.78, 5) is 22.1. The van der Waals surface area contributed by atoms with E-state index in [1.165, 1.54) is 18.3 Å². The van der Waals surface area contributed by atoms with Crippen LogP contribution in [0.2, 0.25) is 0 Å². The molecule has 27 heavy (non-hydrogen) atoms. The Bertz CT molecular complexity index is 806. The fraction of sp³-hybridized carbons (Fsp3) is 0.526. The molecule has 6 nitrogen and oxygen atoms in total. The van der Waals surface area contributed by atoms with Crippen molar-refractivity contribution in [1.82, 2.24) is 14.9 Å². The number of carbonyl (C=O) groups excluding carboxylic acids is 1. The van der Waals surface area contributed by atoms with Crippen LogP contribution in [0.5, 0.6) is 5.75 Å². The Morgan fingerprint density at radius 2 is 2.04 bits per heavy atom. The monoisotopic (exact) mass is 392 g/mol. The number of ether oxygens (including phenoxy) is 1. The maximum Gasteiger partial charge on any atom is 0.230 e. The van der Waals surface area contributed by atoms with Gasteiger partial charge >= 0.3 is 0 Å². The molecule has 0 saturated carbocycles. The third-order valence-electron chi connectivity index (χ3n) is 4.60. The minimum absolute atomic E-state index is 0.0493.